The Hall–Kier alpha value is -1.04. The Morgan fingerprint density at radius 1 is 1.50 bits per heavy atom. The van der Waals surface area contributed by atoms with Crippen molar-refractivity contribution in [3.63, 3.8) is 0 Å². The quantitative estimate of drug-likeness (QED) is 0.913. The second-order valence-corrected chi connectivity index (χ2v) is 4.62. The molecule has 2 rings (SSSR count). The van der Waals surface area contributed by atoms with E-state index in [0.29, 0.717) is 5.02 Å². The van der Waals surface area contributed by atoms with Gasteiger partial charge in [-0.3, -0.25) is 0 Å². The molecule has 1 aromatic heterocycles. The Morgan fingerprint density at radius 3 is 2.94 bits per heavy atom. The summed E-state index contributed by atoms with van der Waals surface area (Å²) in [5.74, 6) is 0. The van der Waals surface area contributed by atoms with Gasteiger partial charge < -0.3 is 5.11 Å². The Bertz CT molecular complexity index is 501. The van der Waals surface area contributed by atoms with Gasteiger partial charge >= 0.3 is 0 Å². The molecule has 4 nitrogen and oxygen atoms in total. The van der Waals surface area contributed by atoms with Gasteiger partial charge in [0.05, 0.1) is 6.61 Å². The monoisotopic (exact) mass is 255 g/mol. The number of aryl methyl sites for hydroxylation is 1. The maximum atomic E-state index is 9.23. The summed E-state index contributed by atoms with van der Waals surface area (Å²) < 4.78 is 1.68. The molecule has 1 aromatic carbocycles. The molecule has 0 unspecified atom stereocenters. The lowest BCUT2D eigenvalue weighted by atomic mass is 10.2. The first kappa shape index (κ1) is 11.4. The van der Waals surface area contributed by atoms with Crippen molar-refractivity contribution in [3.8, 4) is 0 Å². The number of halogens is 1. The third kappa shape index (κ3) is 2.37. The molecule has 0 atom stereocenters. The van der Waals surface area contributed by atoms with E-state index in [1.54, 1.807) is 16.8 Å². The molecule has 0 aliphatic heterocycles. The number of hydrogen-bond donors (Lipinski definition) is 1. The Labute approximate surface area is 102 Å². The molecule has 1 heterocycles. The molecule has 0 spiro atoms. The van der Waals surface area contributed by atoms with Gasteiger partial charge in [-0.05, 0) is 35.5 Å². The van der Waals surface area contributed by atoms with Crippen LogP contribution in [0.25, 0.3) is 0 Å². The summed E-state index contributed by atoms with van der Waals surface area (Å²) in [5, 5.41) is 14.6. The average molecular weight is 256 g/mol. The van der Waals surface area contributed by atoms with Crippen LogP contribution in [0.4, 0.5) is 0 Å². The van der Waals surface area contributed by atoms with Crippen LogP contribution in [0.3, 0.4) is 0 Å². The first-order chi connectivity index (χ1) is 7.70. The average Bonchev–Trinajstić information content (AvgIpc) is 2.67. The summed E-state index contributed by atoms with van der Waals surface area (Å²) in [5.41, 5.74) is 0.792. The molecule has 1 N–H and O–H groups in total. The summed E-state index contributed by atoms with van der Waals surface area (Å²) >= 11 is 7.31. The van der Waals surface area contributed by atoms with Gasteiger partial charge in [-0.15, -0.1) is 0 Å². The van der Waals surface area contributed by atoms with E-state index in [1.165, 1.54) is 18.1 Å². The highest BCUT2D eigenvalue weighted by Gasteiger charge is 2.08. The van der Waals surface area contributed by atoms with Gasteiger partial charge in [-0.2, -0.15) is 5.10 Å². The van der Waals surface area contributed by atoms with E-state index in [0.717, 1.165) is 15.6 Å². The van der Waals surface area contributed by atoms with Crippen LogP contribution in [-0.2, 0) is 13.7 Å². The maximum Gasteiger partial charge on any atom is 0.190 e. The molecule has 84 valence electrons. The number of aliphatic hydroxyl groups excluding tert-OH is 1. The number of hydrogen-bond acceptors (Lipinski definition) is 4. The molecular weight excluding hydrogens is 246 g/mol. The predicted molar refractivity (Wildman–Crippen MR) is 62.5 cm³/mol. The standard InChI is InChI=1S/C10H10ClN3OS/c1-14-10(12-6-13-14)16-9-3-2-8(11)4-7(9)5-15/h2-4,6,15H,5H2,1H3. The topological polar surface area (TPSA) is 50.9 Å². The molecule has 0 amide bonds. The Kier molecular flexibility index (Phi) is 3.48. The predicted octanol–water partition coefficient (Wildman–Crippen LogP) is 2.11. The summed E-state index contributed by atoms with van der Waals surface area (Å²) in [6.07, 6.45) is 1.50. The highest BCUT2D eigenvalue weighted by atomic mass is 35.5. The van der Waals surface area contributed by atoms with E-state index in [1.807, 2.05) is 13.1 Å². The molecule has 0 saturated heterocycles. The fraction of sp³-hybridized carbons (Fsp3) is 0.200. The molecule has 6 heteroatoms. The third-order valence-electron chi connectivity index (χ3n) is 2.06. The number of benzene rings is 1. The van der Waals surface area contributed by atoms with Crippen LogP contribution >= 0.6 is 23.4 Å². The molecule has 16 heavy (non-hydrogen) atoms. The van der Waals surface area contributed by atoms with E-state index < -0.39 is 0 Å². The van der Waals surface area contributed by atoms with E-state index >= 15 is 0 Å². The molecule has 0 fully saturated rings. The number of nitrogens with zero attached hydrogens (tertiary/aromatic N) is 3. The molecule has 0 saturated carbocycles. The van der Waals surface area contributed by atoms with Crippen molar-refractivity contribution in [3.05, 3.63) is 35.1 Å². The molecule has 0 aliphatic carbocycles. The minimum Gasteiger partial charge on any atom is -0.392 e. The van der Waals surface area contributed by atoms with Crippen molar-refractivity contribution in [2.75, 3.05) is 0 Å². The van der Waals surface area contributed by atoms with E-state index in [2.05, 4.69) is 10.1 Å². The zero-order valence-electron chi connectivity index (χ0n) is 8.59. The zero-order chi connectivity index (χ0) is 11.5. The van der Waals surface area contributed by atoms with Gasteiger partial charge in [0.15, 0.2) is 5.16 Å². The lowest BCUT2D eigenvalue weighted by Crippen LogP contribution is -1.94. The number of rotatable bonds is 3. The summed E-state index contributed by atoms with van der Waals surface area (Å²) in [7, 11) is 1.82. The molecule has 0 bridgehead atoms. The second-order valence-electron chi connectivity index (χ2n) is 3.18. The molecular formula is C10H10ClN3OS. The van der Waals surface area contributed by atoms with Crippen LogP contribution in [0.2, 0.25) is 5.02 Å². The van der Waals surface area contributed by atoms with Crippen LogP contribution in [0.5, 0.6) is 0 Å². The normalized spacial score (nSPS) is 10.7. The Balaban J connectivity index is 2.31. The second kappa shape index (κ2) is 4.86. The van der Waals surface area contributed by atoms with Crippen LogP contribution in [0.1, 0.15) is 5.56 Å². The van der Waals surface area contributed by atoms with Crippen LogP contribution in [-0.4, -0.2) is 19.9 Å². The van der Waals surface area contributed by atoms with Gasteiger partial charge in [-0.25, -0.2) is 9.67 Å². The lowest BCUT2D eigenvalue weighted by Gasteiger charge is -2.06. The van der Waals surface area contributed by atoms with Gasteiger partial charge in [0.2, 0.25) is 0 Å². The first-order valence-electron chi connectivity index (χ1n) is 4.62. The zero-order valence-corrected chi connectivity index (χ0v) is 10.2. The van der Waals surface area contributed by atoms with E-state index in [9.17, 15) is 5.11 Å². The van der Waals surface area contributed by atoms with Crippen molar-refractivity contribution in [2.45, 2.75) is 16.7 Å². The SMILES string of the molecule is Cn1ncnc1Sc1ccc(Cl)cc1CO. The first-order valence-corrected chi connectivity index (χ1v) is 5.81. The highest BCUT2D eigenvalue weighted by Crippen LogP contribution is 2.30. The highest BCUT2D eigenvalue weighted by molar-refractivity contribution is 7.99. The van der Waals surface area contributed by atoms with E-state index in [4.69, 9.17) is 11.6 Å². The number of aromatic nitrogens is 3. The smallest absolute Gasteiger partial charge is 0.190 e. The van der Waals surface area contributed by atoms with Crippen LogP contribution in [0, 0.1) is 0 Å². The van der Waals surface area contributed by atoms with Crippen molar-refractivity contribution in [1.82, 2.24) is 14.8 Å². The minimum atomic E-state index is -0.0409. The molecule has 0 radical (unpaired) electrons. The van der Waals surface area contributed by atoms with Gasteiger partial charge in [-0.1, -0.05) is 11.6 Å². The largest absolute Gasteiger partial charge is 0.392 e. The Morgan fingerprint density at radius 2 is 2.31 bits per heavy atom. The van der Waals surface area contributed by atoms with Crippen molar-refractivity contribution < 1.29 is 5.11 Å². The summed E-state index contributed by atoms with van der Waals surface area (Å²) in [6, 6.07) is 5.41. The minimum absolute atomic E-state index is 0.0409. The van der Waals surface area contributed by atoms with Crippen molar-refractivity contribution in [1.29, 1.82) is 0 Å². The van der Waals surface area contributed by atoms with E-state index in [-0.39, 0.29) is 6.61 Å². The van der Waals surface area contributed by atoms with Gasteiger partial charge in [0.25, 0.3) is 0 Å². The summed E-state index contributed by atoms with van der Waals surface area (Å²) in [6.45, 7) is -0.0409. The van der Waals surface area contributed by atoms with Crippen molar-refractivity contribution >= 4 is 23.4 Å². The number of aliphatic hydroxyl groups is 1. The van der Waals surface area contributed by atoms with Gasteiger partial charge in [0.1, 0.15) is 6.33 Å². The maximum absolute atomic E-state index is 9.23. The summed E-state index contributed by atoms with van der Waals surface area (Å²) in [4.78, 5) is 5.04. The van der Waals surface area contributed by atoms with Crippen LogP contribution in [0.15, 0.2) is 34.6 Å². The lowest BCUT2D eigenvalue weighted by molar-refractivity contribution is 0.279. The fourth-order valence-electron chi connectivity index (χ4n) is 1.25. The molecule has 2 aromatic rings. The fourth-order valence-corrected chi connectivity index (χ4v) is 2.31. The van der Waals surface area contributed by atoms with Gasteiger partial charge in [0, 0.05) is 17.0 Å². The van der Waals surface area contributed by atoms with Crippen molar-refractivity contribution in [2.24, 2.45) is 7.05 Å². The molecule has 0 aliphatic rings. The van der Waals surface area contributed by atoms with Crippen LogP contribution < -0.4 is 0 Å². The third-order valence-corrected chi connectivity index (χ3v) is 3.47.